The molecular weight excluding hydrogens is 566 g/mol. The number of likely N-dealkylation sites (tertiary alicyclic amines) is 1. The first-order chi connectivity index (χ1) is 20.6. The summed E-state index contributed by atoms with van der Waals surface area (Å²) >= 11 is 6.98. The summed E-state index contributed by atoms with van der Waals surface area (Å²) in [5.41, 5.74) is 4.37. The summed E-state index contributed by atoms with van der Waals surface area (Å²) in [5, 5.41) is 8.39. The predicted molar refractivity (Wildman–Crippen MR) is 168 cm³/mol. The minimum Gasteiger partial charge on any atom is -0.339 e. The molecule has 1 amide bonds. The van der Waals surface area contributed by atoms with Crippen molar-refractivity contribution in [3.63, 3.8) is 0 Å². The lowest BCUT2D eigenvalue weighted by Gasteiger charge is -2.22. The van der Waals surface area contributed by atoms with E-state index in [0.717, 1.165) is 27.6 Å². The van der Waals surface area contributed by atoms with Gasteiger partial charge in [0.25, 0.3) is 0 Å². The molecule has 5 heterocycles. The smallest absolute Gasteiger partial charge is 0.322 e. The number of hydrogen-bond acceptors (Lipinski definition) is 6. The van der Waals surface area contributed by atoms with Crippen molar-refractivity contribution in [3.8, 4) is 16.9 Å². The summed E-state index contributed by atoms with van der Waals surface area (Å²) < 4.78 is 2.87. The lowest BCUT2D eigenvalue weighted by molar-refractivity contribution is -0.125. The van der Waals surface area contributed by atoms with Crippen LogP contribution in [0.2, 0.25) is 5.02 Å². The molecule has 11 heteroatoms. The van der Waals surface area contributed by atoms with E-state index in [9.17, 15) is 14.4 Å². The van der Waals surface area contributed by atoms with Gasteiger partial charge in [-0.25, -0.2) is 4.98 Å². The Balaban J connectivity index is 1.67. The van der Waals surface area contributed by atoms with Crippen molar-refractivity contribution in [1.29, 1.82) is 0 Å². The highest BCUT2D eigenvalue weighted by molar-refractivity contribution is 6.34. The van der Waals surface area contributed by atoms with Crippen molar-refractivity contribution in [2.24, 2.45) is 5.92 Å². The van der Waals surface area contributed by atoms with E-state index in [1.807, 2.05) is 45.9 Å². The molecule has 6 rings (SSSR count). The molecule has 1 saturated heterocycles. The minimum absolute atomic E-state index is 0.0279. The monoisotopic (exact) mass is 597 g/mol. The van der Waals surface area contributed by atoms with Gasteiger partial charge in [-0.1, -0.05) is 38.1 Å². The number of amides is 1. The van der Waals surface area contributed by atoms with Crippen LogP contribution < -0.4 is 11.1 Å². The number of carbonyl (C=O) groups is 1. The second kappa shape index (κ2) is 10.9. The number of nitrogens with zero attached hydrogens (tertiary/aromatic N) is 6. The molecule has 1 unspecified atom stereocenters. The predicted octanol–water partition coefficient (Wildman–Crippen LogP) is 4.91. The summed E-state index contributed by atoms with van der Waals surface area (Å²) in [5.74, 6) is -0.215. The highest BCUT2D eigenvalue weighted by Gasteiger charge is 2.29. The summed E-state index contributed by atoms with van der Waals surface area (Å²) in [6, 6.07) is 7.45. The Morgan fingerprint density at radius 3 is 2.72 bits per heavy atom. The van der Waals surface area contributed by atoms with Crippen molar-refractivity contribution >= 4 is 39.6 Å². The first-order valence-electron chi connectivity index (χ1n) is 14.3. The fraction of sp³-hybridized carbons (Fsp3) is 0.312. The standard InChI is InChI=1S/C32H32ClN7O3/c1-6-25(41)38-12-10-20(15-38)16-39-24-13-22(33)28(26-18(4)7-8-23-21(26)14-35-37-23)36-30(24)40(32(43)31(39)42)29-19(5)9-11-34-27(29)17(2)3/h6-9,11,13-14,17,20H,1,10,12,15-16H2,2-5H3,(H,35,37). The normalized spacial score (nSPS) is 15.2. The zero-order chi connectivity index (χ0) is 30.6. The molecule has 220 valence electrons. The number of aryl methyl sites for hydroxylation is 2. The zero-order valence-electron chi connectivity index (χ0n) is 24.5. The van der Waals surface area contributed by atoms with Crippen LogP contribution in [-0.2, 0) is 11.3 Å². The van der Waals surface area contributed by atoms with Gasteiger partial charge >= 0.3 is 11.1 Å². The van der Waals surface area contributed by atoms with Gasteiger partial charge in [0.1, 0.15) is 0 Å². The molecule has 1 aliphatic rings. The topological polar surface area (TPSA) is 119 Å². The molecule has 1 N–H and O–H groups in total. The Morgan fingerprint density at radius 1 is 1.19 bits per heavy atom. The molecule has 1 aromatic carbocycles. The van der Waals surface area contributed by atoms with E-state index in [1.54, 1.807) is 23.4 Å². The molecule has 4 aromatic heterocycles. The average Bonchev–Trinajstić information content (AvgIpc) is 3.66. The Morgan fingerprint density at radius 2 is 1.98 bits per heavy atom. The second-order valence-electron chi connectivity index (χ2n) is 11.5. The first-order valence-corrected chi connectivity index (χ1v) is 14.6. The van der Waals surface area contributed by atoms with E-state index >= 15 is 0 Å². The number of H-pyrrole nitrogens is 1. The van der Waals surface area contributed by atoms with Gasteiger partial charge in [0.2, 0.25) is 5.91 Å². The molecule has 0 radical (unpaired) electrons. The van der Waals surface area contributed by atoms with Crippen molar-refractivity contribution in [2.45, 2.75) is 46.6 Å². The van der Waals surface area contributed by atoms with E-state index < -0.39 is 11.1 Å². The molecule has 43 heavy (non-hydrogen) atoms. The molecule has 0 bridgehead atoms. The van der Waals surface area contributed by atoms with Gasteiger partial charge in [0.15, 0.2) is 5.65 Å². The summed E-state index contributed by atoms with van der Waals surface area (Å²) in [6.45, 7) is 12.7. The summed E-state index contributed by atoms with van der Waals surface area (Å²) in [6.07, 6.45) is 5.42. The van der Waals surface area contributed by atoms with Crippen LogP contribution in [0.4, 0.5) is 0 Å². The van der Waals surface area contributed by atoms with Gasteiger partial charge in [-0.15, -0.1) is 0 Å². The number of pyridine rings is 2. The summed E-state index contributed by atoms with van der Waals surface area (Å²) in [7, 11) is 0. The van der Waals surface area contributed by atoms with E-state index in [0.29, 0.717) is 52.8 Å². The van der Waals surface area contributed by atoms with Gasteiger partial charge in [-0.05, 0) is 67.5 Å². The molecule has 1 fully saturated rings. The van der Waals surface area contributed by atoms with Crippen LogP contribution >= 0.6 is 11.6 Å². The molecule has 0 spiro atoms. The van der Waals surface area contributed by atoms with E-state index in [-0.39, 0.29) is 24.3 Å². The maximum atomic E-state index is 14.1. The second-order valence-corrected chi connectivity index (χ2v) is 11.9. The molecule has 1 atom stereocenters. The van der Waals surface area contributed by atoms with Crippen molar-refractivity contribution in [3.05, 3.63) is 91.9 Å². The number of halogens is 1. The molecule has 10 nitrogen and oxygen atoms in total. The molecule has 0 aliphatic carbocycles. The van der Waals surface area contributed by atoms with E-state index in [2.05, 4.69) is 21.8 Å². The van der Waals surface area contributed by atoms with Gasteiger partial charge in [0, 0.05) is 36.8 Å². The van der Waals surface area contributed by atoms with Gasteiger partial charge in [0.05, 0.1) is 39.3 Å². The number of rotatable bonds is 6. The molecule has 5 aromatic rings. The number of hydrogen-bond donors (Lipinski definition) is 1. The van der Waals surface area contributed by atoms with Crippen LogP contribution in [0, 0.1) is 19.8 Å². The van der Waals surface area contributed by atoms with E-state index in [1.165, 1.54) is 15.2 Å². The van der Waals surface area contributed by atoms with Crippen LogP contribution in [0.5, 0.6) is 0 Å². The molecular formula is C32H32ClN7O3. The van der Waals surface area contributed by atoms with E-state index in [4.69, 9.17) is 16.6 Å². The SMILES string of the molecule is C=CC(=O)N1CCC(Cn2c(=O)c(=O)n(-c3c(C)ccnc3C(C)C)c3nc(-c4c(C)ccc5[nH]ncc45)c(Cl)cc32)C1. The van der Waals surface area contributed by atoms with Crippen molar-refractivity contribution in [2.75, 3.05) is 13.1 Å². The molecule has 1 aliphatic heterocycles. The fourth-order valence-corrected chi connectivity index (χ4v) is 6.35. The number of nitrogens with one attached hydrogen (secondary N) is 1. The van der Waals surface area contributed by atoms with Crippen LogP contribution in [0.1, 0.15) is 43.0 Å². The molecule has 0 saturated carbocycles. The summed E-state index contributed by atoms with van der Waals surface area (Å²) in [4.78, 5) is 51.7. The highest BCUT2D eigenvalue weighted by atomic mass is 35.5. The van der Waals surface area contributed by atoms with Crippen LogP contribution in [0.15, 0.2) is 58.9 Å². The lowest BCUT2D eigenvalue weighted by Crippen LogP contribution is -2.43. The first kappa shape index (κ1) is 28.5. The number of aromatic nitrogens is 6. The van der Waals surface area contributed by atoms with Gasteiger partial charge in [-0.3, -0.25) is 29.0 Å². The maximum absolute atomic E-state index is 14.1. The third-order valence-electron chi connectivity index (χ3n) is 8.28. The number of carbonyl (C=O) groups excluding carboxylic acids is 1. The Hall–Kier alpha value is -4.57. The minimum atomic E-state index is -0.721. The highest BCUT2D eigenvalue weighted by Crippen LogP contribution is 2.36. The fourth-order valence-electron chi connectivity index (χ4n) is 6.11. The van der Waals surface area contributed by atoms with Crippen LogP contribution in [-0.4, -0.2) is 53.2 Å². The number of benzene rings is 1. The maximum Gasteiger partial charge on any atom is 0.322 e. The van der Waals surface area contributed by atoms with Gasteiger partial charge in [-0.2, -0.15) is 5.10 Å². The third kappa shape index (κ3) is 4.75. The Labute approximate surface area is 252 Å². The average molecular weight is 598 g/mol. The lowest BCUT2D eigenvalue weighted by atomic mass is 10.0. The van der Waals surface area contributed by atoms with Crippen molar-refractivity contribution < 1.29 is 4.79 Å². The zero-order valence-corrected chi connectivity index (χ0v) is 25.3. The van der Waals surface area contributed by atoms with Gasteiger partial charge < -0.3 is 9.47 Å². The Bertz CT molecular complexity index is 2060. The quantitative estimate of drug-likeness (QED) is 0.219. The number of aromatic amines is 1. The van der Waals surface area contributed by atoms with Crippen molar-refractivity contribution in [1.82, 2.24) is 34.2 Å². The largest absolute Gasteiger partial charge is 0.339 e. The van der Waals surface area contributed by atoms with Crippen LogP contribution in [0.3, 0.4) is 0 Å². The Kier molecular flexibility index (Phi) is 7.25. The third-order valence-corrected chi connectivity index (χ3v) is 8.57. The number of fused-ring (bicyclic) bond motifs is 2. The van der Waals surface area contributed by atoms with Crippen LogP contribution in [0.25, 0.3) is 39.0 Å².